The van der Waals surface area contributed by atoms with Crippen molar-refractivity contribution >= 4 is 27.3 Å². The van der Waals surface area contributed by atoms with Gasteiger partial charge >= 0.3 is 0 Å². The molecule has 0 unspecified atom stereocenters. The van der Waals surface area contributed by atoms with Gasteiger partial charge in [0.25, 0.3) is 10.0 Å². The van der Waals surface area contributed by atoms with Crippen molar-refractivity contribution in [2.24, 2.45) is 0 Å². The van der Waals surface area contributed by atoms with Crippen LogP contribution in [0.2, 0.25) is 5.02 Å². The van der Waals surface area contributed by atoms with Crippen LogP contribution in [0, 0.1) is 0 Å². The average molecular weight is 448 g/mol. The van der Waals surface area contributed by atoms with Crippen LogP contribution in [0.25, 0.3) is 0 Å². The topological polar surface area (TPSA) is 83.1 Å². The van der Waals surface area contributed by atoms with Crippen LogP contribution in [0.3, 0.4) is 0 Å². The summed E-state index contributed by atoms with van der Waals surface area (Å²) in [5.74, 6) is 2.09. The molecule has 0 amide bonds. The van der Waals surface area contributed by atoms with E-state index in [9.17, 15) is 8.42 Å². The predicted molar refractivity (Wildman–Crippen MR) is 113 cm³/mol. The molecule has 0 spiro atoms. The Morgan fingerprint density at radius 3 is 2.40 bits per heavy atom. The van der Waals surface area contributed by atoms with Gasteiger partial charge in [-0.05, 0) is 42.5 Å². The highest BCUT2D eigenvalue weighted by atomic mass is 35.5. The molecule has 1 aliphatic heterocycles. The van der Waals surface area contributed by atoms with Gasteiger partial charge in [-0.15, -0.1) is 0 Å². The van der Waals surface area contributed by atoms with Crippen molar-refractivity contribution in [2.75, 3.05) is 25.0 Å². The van der Waals surface area contributed by atoms with E-state index in [4.69, 9.17) is 30.5 Å². The fourth-order valence-electron chi connectivity index (χ4n) is 2.89. The van der Waals surface area contributed by atoms with Crippen LogP contribution in [0.15, 0.2) is 65.6 Å². The summed E-state index contributed by atoms with van der Waals surface area (Å²) < 4.78 is 50.6. The molecular formula is C21H18ClNO6S. The molecule has 3 aromatic rings. The third-order valence-corrected chi connectivity index (χ3v) is 5.90. The van der Waals surface area contributed by atoms with Crippen molar-refractivity contribution in [2.45, 2.75) is 4.90 Å². The number of halogens is 1. The summed E-state index contributed by atoms with van der Waals surface area (Å²) in [6, 6.07) is 16.1. The zero-order valence-corrected chi connectivity index (χ0v) is 17.5. The lowest BCUT2D eigenvalue weighted by atomic mass is 10.3. The van der Waals surface area contributed by atoms with E-state index in [-0.39, 0.29) is 16.3 Å². The number of benzene rings is 3. The van der Waals surface area contributed by atoms with Gasteiger partial charge in [-0.2, -0.15) is 0 Å². The molecule has 4 rings (SSSR count). The van der Waals surface area contributed by atoms with E-state index in [0.29, 0.717) is 41.2 Å². The maximum absolute atomic E-state index is 13.0. The van der Waals surface area contributed by atoms with Gasteiger partial charge in [-0.25, -0.2) is 8.42 Å². The predicted octanol–water partition coefficient (Wildman–Crippen LogP) is 4.71. The summed E-state index contributed by atoms with van der Waals surface area (Å²) in [5.41, 5.74) is 0.184. The minimum Gasteiger partial charge on any atom is -0.493 e. The van der Waals surface area contributed by atoms with E-state index in [1.54, 1.807) is 42.5 Å². The number of anilines is 1. The van der Waals surface area contributed by atoms with E-state index < -0.39 is 10.0 Å². The van der Waals surface area contributed by atoms with E-state index in [0.717, 1.165) is 0 Å². The van der Waals surface area contributed by atoms with Gasteiger partial charge in [-0.1, -0.05) is 23.7 Å². The zero-order chi connectivity index (χ0) is 21.1. The summed E-state index contributed by atoms with van der Waals surface area (Å²) >= 11 is 6.10. The maximum Gasteiger partial charge on any atom is 0.262 e. The van der Waals surface area contributed by atoms with E-state index >= 15 is 0 Å². The molecule has 1 N–H and O–H groups in total. The van der Waals surface area contributed by atoms with Crippen molar-refractivity contribution in [3.05, 3.63) is 65.7 Å². The van der Waals surface area contributed by atoms with E-state index in [1.165, 1.54) is 25.3 Å². The number of hydrogen-bond acceptors (Lipinski definition) is 6. The number of ether oxygens (including phenoxy) is 4. The van der Waals surface area contributed by atoms with Crippen molar-refractivity contribution in [3.63, 3.8) is 0 Å². The smallest absolute Gasteiger partial charge is 0.262 e. The van der Waals surface area contributed by atoms with Gasteiger partial charge in [0.2, 0.25) is 0 Å². The number of rotatable bonds is 6. The van der Waals surface area contributed by atoms with Gasteiger partial charge in [0.1, 0.15) is 13.2 Å². The van der Waals surface area contributed by atoms with E-state index in [2.05, 4.69) is 4.72 Å². The number of methoxy groups -OCH3 is 1. The molecule has 0 aromatic heterocycles. The van der Waals surface area contributed by atoms with Crippen LogP contribution in [-0.2, 0) is 10.0 Å². The minimum absolute atomic E-state index is 0.0231. The molecular weight excluding hydrogens is 430 g/mol. The minimum atomic E-state index is -3.95. The first kappa shape index (κ1) is 20.2. The molecule has 0 fully saturated rings. The van der Waals surface area contributed by atoms with Crippen molar-refractivity contribution in [1.82, 2.24) is 0 Å². The number of nitrogens with one attached hydrogen (secondary N) is 1. The Balaban J connectivity index is 1.66. The van der Waals surface area contributed by atoms with Gasteiger partial charge in [0.15, 0.2) is 28.7 Å². The molecule has 1 heterocycles. The normalized spacial score (nSPS) is 12.9. The molecule has 0 aliphatic carbocycles. The second kappa shape index (κ2) is 8.33. The Labute approximate surface area is 179 Å². The Hall–Kier alpha value is -3.10. The van der Waals surface area contributed by atoms with Crippen LogP contribution < -0.4 is 23.7 Å². The molecule has 7 nitrogen and oxygen atoms in total. The highest BCUT2D eigenvalue weighted by Crippen LogP contribution is 2.38. The molecule has 0 bridgehead atoms. The third kappa shape index (κ3) is 4.24. The first-order valence-electron chi connectivity index (χ1n) is 8.99. The van der Waals surface area contributed by atoms with E-state index in [1.807, 2.05) is 0 Å². The average Bonchev–Trinajstić information content (AvgIpc) is 2.75. The summed E-state index contributed by atoms with van der Waals surface area (Å²) in [7, 11) is -2.43. The van der Waals surface area contributed by atoms with Crippen LogP contribution >= 0.6 is 11.6 Å². The highest BCUT2D eigenvalue weighted by molar-refractivity contribution is 7.92. The molecule has 0 atom stereocenters. The molecule has 30 heavy (non-hydrogen) atoms. The lowest BCUT2D eigenvalue weighted by Crippen LogP contribution is -2.17. The molecule has 9 heteroatoms. The van der Waals surface area contributed by atoms with Gasteiger partial charge < -0.3 is 18.9 Å². The molecule has 0 saturated heterocycles. The largest absolute Gasteiger partial charge is 0.493 e. The quantitative estimate of drug-likeness (QED) is 0.589. The zero-order valence-electron chi connectivity index (χ0n) is 15.9. The molecule has 3 aromatic carbocycles. The summed E-state index contributed by atoms with van der Waals surface area (Å²) in [4.78, 5) is 0.0231. The third-order valence-electron chi connectivity index (χ3n) is 4.30. The maximum atomic E-state index is 13.0. The standard InChI is InChI=1S/C21H18ClNO6S/c1-26-18-4-2-3-5-20(18)29-17-8-6-14(22)12-16(17)23-30(24,25)15-7-9-19-21(13-15)28-11-10-27-19/h2-9,12-13,23H,10-11H2,1H3. The first-order chi connectivity index (χ1) is 14.5. The molecule has 156 valence electrons. The second-order valence-corrected chi connectivity index (χ2v) is 8.42. The highest BCUT2D eigenvalue weighted by Gasteiger charge is 2.21. The monoisotopic (exact) mass is 447 g/mol. The van der Waals surface area contributed by atoms with Crippen molar-refractivity contribution in [1.29, 1.82) is 0 Å². The first-order valence-corrected chi connectivity index (χ1v) is 10.9. The van der Waals surface area contributed by atoms with Crippen LogP contribution in [0.1, 0.15) is 0 Å². The number of fused-ring (bicyclic) bond motifs is 1. The fourth-order valence-corrected chi connectivity index (χ4v) is 4.14. The Morgan fingerprint density at radius 1 is 0.900 bits per heavy atom. The Bertz CT molecular complexity index is 1180. The fraction of sp³-hybridized carbons (Fsp3) is 0.143. The van der Waals surface area contributed by atoms with Gasteiger partial charge in [0, 0.05) is 11.1 Å². The number of para-hydroxylation sites is 2. The summed E-state index contributed by atoms with van der Waals surface area (Å²) in [5, 5.41) is 0.349. The molecule has 0 radical (unpaired) electrons. The van der Waals surface area contributed by atoms with Gasteiger partial charge in [-0.3, -0.25) is 4.72 Å². The summed E-state index contributed by atoms with van der Waals surface area (Å²) in [6.07, 6.45) is 0. The number of hydrogen-bond donors (Lipinski definition) is 1. The van der Waals surface area contributed by atoms with Crippen LogP contribution in [0.4, 0.5) is 5.69 Å². The van der Waals surface area contributed by atoms with Crippen LogP contribution in [-0.4, -0.2) is 28.7 Å². The van der Waals surface area contributed by atoms with Crippen molar-refractivity contribution in [3.8, 4) is 28.7 Å². The number of sulfonamides is 1. The summed E-state index contributed by atoms with van der Waals surface area (Å²) in [6.45, 7) is 0.776. The second-order valence-electron chi connectivity index (χ2n) is 6.30. The Kier molecular flexibility index (Phi) is 5.61. The Morgan fingerprint density at radius 2 is 1.63 bits per heavy atom. The van der Waals surface area contributed by atoms with Crippen LogP contribution in [0.5, 0.6) is 28.7 Å². The lowest BCUT2D eigenvalue weighted by Gasteiger charge is -2.19. The SMILES string of the molecule is COc1ccccc1Oc1ccc(Cl)cc1NS(=O)(=O)c1ccc2c(c1)OCCO2. The molecule has 0 saturated carbocycles. The molecule has 1 aliphatic rings. The lowest BCUT2D eigenvalue weighted by molar-refractivity contribution is 0.171. The van der Waals surface area contributed by atoms with Gasteiger partial charge in [0.05, 0.1) is 17.7 Å². The van der Waals surface area contributed by atoms with Crippen molar-refractivity contribution < 1.29 is 27.4 Å².